The molecule has 0 saturated heterocycles. The highest BCUT2D eigenvalue weighted by Gasteiger charge is 2.25. The fraction of sp³-hybridized carbons (Fsp3) is 0.571. The minimum absolute atomic E-state index is 0.292. The predicted octanol–water partition coefficient (Wildman–Crippen LogP) is 3.85. The molecule has 17 heavy (non-hydrogen) atoms. The lowest BCUT2D eigenvalue weighted by Gasteiger charge is -2.28. The Bertz CT molecular complexity index is 397. The molecular weight excluding hydrogens is 220 g/mol. The molecule has 94 valence electrons. The van der Waals surface area contributed by atoms with Crippen LogP contribution in [-0.4, -0.2) is 0 Å². The van der Waals surface area contributed by atoms with Gasteiger partial charge in [-0.25, -0.2) is 8.78 Å². The lowest BCUT2D eigenvalue weighted by molar-refractivity contribution is 0.301. The van der Waals surface area contributed by atoms with Crippen LogP contribution in [-0.2, 0) is 0 Å². The summed E-state index contributed by atoms with van der Waals surface area (Å²) in [6.45, 7) is 1.56. The van der Waals surface area contributed by atoms with Crippen molar-refractivity contribution in [3.05, 3.63) is 34.9 Å². The molecule has 0 bridgehead atoms. The lowest BCUT2D eigenvalue weighted by Crippen LogP contribution is -2.25. The molecule has 0 spiro atoms. The van der Waals surface area contributed by atoms with Crippen LogP contribution in [0.15, 0.2) is 12.1 Å². The number of aryl methyl sites for hydroxylation is 1. The van der Waals surface area contributed by atoms with Gasteiger partial charge in [0, 0.05) is 11.6 Å². The van der Waals surface area contributed by atoms with Crippen molar-refractivity contribution in [2.75, 3.05) is 0 Å². The van der Waals surface area contributed by atoms with Gasteiger partial charge in [0.25, 0.3) is 0 Å². The van der Waals surface area contributed by atoms with E-state index in [4.69, 9.17) is 5.73 Å². The van der Waals surface area contributed by atoms with E-state index in [1.807, 2.05) is 0 Å². The maximum Gasteiger partial charge on any atom is 0.163 e. The summed E-state index contributed by atoms with van der Waals surface area (Å²) in [5.41, 5.74) is 6.75. The van der Waals surface area contributed by atoms with Crippen molar-refractivity contribution < 1.29 is 8.78 Å². The van der Waals surface area contributed by atoms with Gasteiger partial charge in [0.05, 0.1) is 0 Å². The Kier molecular flexibility index (Phi) is 3.77. The van der Waals surface area contributed by atoms with E-state index in [1.165, 1.54) is 6.42 Å². The monoisotopic (exact) mass is 239 g/mol. The zero-order chi connectivity index (χ0) is 12.4. The van der Waals surface area contributed by atoms with Crippen molar-refractivity contribution in [3.63, 3.8) is 0 Å². The van der Waals surface area contributed by atoms with E-state index in [2.05, 4.69) is 0 Å². The van der Waals surface area contributed by atoms with Crippen molar-refractivity contribution in [1.82, 2.24) is 0 Å². The molecule has 1 nitrogen and oxygen atoms in total. The van der Waals surface area contributed by atoms with E-state index < -0.39 is 11.6 Å². The average molecular weight is 239 g/mol. The van der Waals surface area contributed by atoms with Gasteiger partial charge in [-0.05, 0) is 31.2 Å². The molecule has 0 amide bonds. The van der Waals surface area contributed by atoms with E-state index in [0.29, 0.717) is 17.0 Å². The van der Waals surface area contributed by atoms with Gasteiger partial charge in [-0.1, -0.05) is 31.4 Å². The highest BCUT2D eigenvalue weighted by molar-refractivity contribution is 5.28. The summed E-state index contributed by atoms with van der Waals surface area (Å²) in [5.74, 6) is -1.22. The first-order valence-electron chi connectivity index (χ1n) is 6.31. The van der Waals surface area contributed by atoms with Gasteiger partial charge in [-0.15, -0.1) is 0 Å². The van der Waals surface area contributed by atoms with Crippen LogP contribution in [0, 0.1) is 24.5 Å². The smallest absolute Gasteiger partial charge is 0.163 e. The van der Waals surface area contributed by atoms with Crippen molar-refractivity contribution in [2.24, 2.45) is 11.7 Å². The second-order valence-electron chi connectivity index (χ2n) is 5.02. The fourth-order valence-corrected chi connectivity index (χ4v) is 2.67. The van der Waals surface area contributed by atoms with Gasteiger partial charge in [0.15, 0.2) is 11.6 Å². The standard InChI is InChI=1S/C14H19F2N/c1-9-7-8-11(13(16)12(9)15)14(17)10-5-3-2-4-6-10/h7-8,10,14H,2-6,17H2,1H3/t14-/m1/s1. The number of rotatable bonds is 2. The fourth-order valence-electron chi connectivity index (χ4n) is 2.67. The van der Waals surface area contributed by atoms with Gasteiger partial charge < -0.3 is 5.73 Å². The summed E-state index contributed by atoms with van der Waals surface area (Å²) in [6.07, 6.45) is 5.57. The Morgan fingerprint density at radius 1 is 1.12 bits per heavy atom. The van der Waals surface area contributed by atoms with E-state index in [9.17, 15) is 8.78 Å². The van der Waals surface area contributed by atoms with Crippen molar-refractivity contribution >= 4 is 0 Å². The molecule has 0 aliphatic heterocycles. The van der Waals surface area contributed by atoms with Crippen LogP contribution in [0.4, 0.5) is 8.78 Å². The Morgan fingerprint density at radius 2 is 1.76 bits per heavy atom. The summed E-state index contributed by atoms with van der Waals surface area (Å²) in [4.78, 5) is 0. The van der Waals surface area contributed by atoms with E-state index in [-0.39, 0.29) is 6.04 Å². The highest BCUT2D eigenvalue weighted by atomic mass is 19.2. The second kappa shape index (κ2) is 5.13. The summed E-state index contributed by atoms with van der Waals surface area (Å²) in [7, 11) is 0. The van der Waals surface area contributed by atoms with Gasteiger partial charge in [-0.3, -0.25) is 0 Å². The molecule has 0 aromatic heterocycles. The van der Waals surface area contributed by atoms with Crippen molar-refractivity contribution in [1.29, 1.82) is 0 Å². The summed E-state index contributed by atoms with van der Waals surface area (Å²) in [5, 5.41) is 0. The van der Waals surface area contributed by atoms with Crippen LogP contribution in [0.2, 0.25) is 0 Å². The van der Waals surface area contributed by atoms with Gasteiger partial charge in [0.2, 0.25) is 0 Å². The second-order valence-corrected chi connectivity index (χ2v) is 5.02. The quantitative estimate of drug-likeness (QED) is 0.833. The summed E-state index contributed by atoms with van der Waals surface area (Å²) >= 11 is 0. The van der Waals surface area contributed by atoms with Crippen molar-refractivity contribution in [2.45, 2.75) is 45.1 Å². The number of halogens is 2. The number of nitrogens with two attached hydrogens (primary N) is 1. The highest BCUT2D eigenvalue weighted by Crippen LogP contribution is 2.34. The zero-order valence-electron chi connectivity index (χ0n) is 10.2. The van der Waals surface area contributed by atoms with Crippen LogP contribution < -0.4 is 5.73 Å². The van der Waals surface area contributed by atoms with Crippen LogP contribution >= 0.6 is 0 Å². The third-order valence-electron chi connectivity index (χ3n) is 3.82. The third kappa shape index (κ3) is 2.49. The molecule has 0 radical (unpaired) electrons. The summed E-state index contributed by atoms with van der Waals surface area (Å²) < 4.78 is 27.3. The van der Waals surface area contributed by atoms with Crippen LogP contribution in [0.1, 0.15) is 49.3 Å². The maximum absolute atomic E-state index is 13.8. The Labute approximate surface area is 101 Å². The molecule has 2 rings (SSSR count). The molecule has 1 aliphatic rings. The number of hydrogen-bond donors (Lipinski definition) is 1. The largest absolute Gasteiger partial charge is 0.324 e. The molecule has 0 unspecified atom stereocenters. The molecular formula is C14H19F2N. The average Bonchev–Trinajstić information content (AvgIpc) is 2.36. The van der Waals surface area contributed by atoms with E-state index in [1.54, 1.807) is 19.1 Å². The normalized spacial score (nSPS) is 19.3. The zero-order valence-corrected chi connectivity index (χ0v) is 10.2. The first-order valence-corrected chi connectivity index (χ1v) is 6.31. The molecule has 1 atom stereocenters. The van der Waals surface area contributed by atoms with Crippen LogP contribution in [0.5, 0.6) is 0 Å². The molecule has 1 aromatic carbocycles. The first-order chi connectivity index (χ1) is 8.11. The number of benzene rings is 1. The predicted molar refractivity (Wildman–Crippen MR) is 64.6 cm³/mol. The minimum Gasteiger partial charge on any atom is -0.324 e. The molecule has 1 aromatic rings. The number of hydrogen-bond acceptors (Lipinski definition) is 1. The molecule has 2 N–H and O–H groups in total. The molecule has 1 aliphatic carbocycles. The first kappa shape index (κ1) is 12.5. The van der Waals surface area contributed by atoms with Gasteiger partial charge in [-0.2, -0.15) is 0 Å². The van der Waals surface area contributed by atoms with Gasteiger partial charge in [0.1, 0.15) is 0 Å². The Balaban J connectivity index is 2.24. The topological polar surface area (TPSA) is 26.0 Å². The maximum atomic E-state index is 13.8. The Morgan fingerprint density at radius 3 is 2.41 bits per heavy atom. The van der Waals surface area contributed by atoms with Crippen LogP contribution in [0.25, 0.3) is 0 Å². The molecule has 1 fully saturated rings. The molecule has 3 heteroatoms. The van der Waals surface area contributed by atoms with Crippen molar-refractivity contribution in [3.8, 4) is 0 Å². The Hall–Kier alpha value is -0.960. The minimum atomic E-state index is -0.761. The summed E-state index contributed by atoms with van der Waals surface area (Å²) in [6, 6.07) is 2.87. The van der Waals surface area contributed by atoms with E-state index >= 15 is 0 Å². The third-order valence-corrected chi connectivity index (χ3v) is 3.82. The molecule has 1 saturated carbocycles. The van der Waals surface area contributed by atoms with E-state index in [0.717, 1.165) is 25.7 Å². The van der Waals surface area contributed by atoms with Crippen LogP contribution in [0.3, 0.4) is 0 Å². The SMILES string of the molecule is Cc1ccc([C@H](N)C2CCCCC2)c(F)c1F. The lowest BCUT2D eigenvalue weighted by atomic mass is 9.81. The molecule has 0 heterocycles. The van der Waals surface area contributed by atoms with Gasteiger partial charge >= 0.3 is 0 Å².